The van der Waals surface area contributed by atoms with Crippen molar-refractivity contribution in [1.29, 1.82) is 0 Å². The number of fused-ring (bicyclic) bond motifs is 1. The molecule has 136 valence electrons. The van der Waals surface area contributed by atoms with Gasteiger partial charge in [0.2, 0.25) is 11.8 Å². The standard InChI is InChI=1S/C19H26N2O4/c1-19(2)11-13-5-3-7-15(17(13)25-19)24-10-8-16(22)21-9-4-6-14(12-21)18(20)23/h3,5,7,14H,4,6,8-12H2,1-2H3,(H2,20,23)/t14-/m0/s1. The molecule has 1 fully saturated rings. The van der Waals surface area contributed by atoms with Gasteiger partial charge in [-0.15, -0.1) is 0 Å². The lowest BCUT2D eigenvalue weighted by Crippen LogP contribution is -2.44. The van der Waals surface area contributed by atoms with Crippen LogP contribution >= 0.6 is 0 Å². The van der Waals surface area contributed by atoms with Crippen LogP contribution in [0, 0.1) is 5.92 Å². The second-order valence-electron chi connectivity index (χ2n) is 7.46. The number of amides is 2. The van der Waals surface area contributed by atoms with Crippen LogP contribution in [0.25, 0.3) is 0 Å². The Morgan fingerprint density at radius 2 is 2.20 bits per heavy atom. The van der Waals surface area contributed by atoms with E-state index in [1.165, 1.54) is 0 Å². The zero-order chi connectivity index (χ0) is 18.0. The second-order valence-corrected chi connectivity index (χ2v) is 7.46. The Morgan fingerprint density at radius 3 is 2.96 bits per heavy atom. The average Bonchev–Trinajstić information content (AvgIpc) is 2.89. The summed E-state index contributed by atoms with van der Waals surface area (Å²) in [6.45, 7) is 5.49. The molecule has 2 heterocycles. The molecule has 1 aromatic rings. The molecule has 1 atom stereocenters. The van der Waals surface area contributed by atoms with Crippen molar-refractivity contribution < 1.29 is 19.1 Å². The lowest BCUT2D eigenvalue weighted by molar-refractivity contribution is -0.135. The van der Waals surface area contributed by atoms with Gasteiger partial charge in [-0.3, -0.25) is 9.59 Å². The maximum Gasteiger partial charge on any atom is 0.226 e. The summed E-state index contributed by atoms with van der Waals surface area (Å²) < 4.78 is 11.8. The summed E-state index contributed by atoms with van der Waals surface area (Å²) in [6, 6.07) is 5.86. The Labute approximate surface area is 148 Å². The molecule has 2 aliphatic rings. The van der Waals surface area contributed by atoms with Crippen molar-refractivity contribution in [3.63, 3.8) is 0 Å². The fourth-order valence-electron chi connectivity index (χ4n) is 3.54. The highest BCUT2D eigenvalue weighted by atomic mass is 16.5. The number of hydrogen-bond donors (Lipinski definition) is 1. The predicted octanol–water partition coefficient (Wildman–Crippen LogP) is 1.89. The van der Waals surface area contributed by atoms with Gasteiger partial charge in [0.1, 0.15) is 5.60 Å². The molecule has 0 radical (unpaired) electrons. The Hall–Kier alpha value is -2.24. The third kappa shape index (κ3) is 4.06. The molecule has 0 aliphatic carbocycles. The highest BCUT2D eigenvalue weighted by Gasteiger charge is 2.32. The SMILES string of the molecule is CC1(C)Cc2cccc(OCCC(=O)N3CCC[C@H](C(N)=O)C3)c2O1. The van der Waals surface area contributed by atoms with Crippen LogP contribution in [0.1, 0.15) is 38.7 Å². The number of carbonyl (C=O) groups excluding carboxylic acids is 2. The van der Waals surface area contributed by atoms with Gasteiger partial charge in [-0.25, -0.2) is 0 Å². The number of para-hydroxylation sites is 1. The largest absolute Gasteiger partial charge is 0.489 e. The van der Waals surface area contributed by atoms with Crippen LogP contribution in [0.5, 0.6) is 11.5 Å². The molecule has 2 N–H and O–H groups in total. The molecule has 25 heavy (non-hydrogen) atoms. The summed E-state index contributed by atoms with van der Waals surface area (Å²) in [4.78, 5) is 25.4. The maximum atomic E-state index is 12.4. The lowest BCUT2D eigenvalue weighted by Gasteiger charge is -2.31. The van der Waals surface area contributed by atoms with Crippen molar-refractivity contribution in [3.05, 3.63) is 23.8 Å². The number of piperidine rings is 1. The van der Waals surface area contributed by atoms with E-state index in [1.807, 2.05) is 32.0 Å². The van der Waals surface area contributed by atoms with Gasteiger partial charge in [0.15, 0.2) is 11.5 Å². The fourth-order valence-corrected chi connectivity index (χ4v) is 3.54. The van der Waals surface area contributed by atoms with Crippen LogP contribution in [0.4, 0.5) is 0 Å². The third-order valence-electron chi connectivity index (χ3n) is 4.80. The Bertz CT molecular complexity index is 671. The normalized spacial score (nSPS) is 21.4. The first-order valence-electron chi connectivity index (χ1n) is 8.86. The smallest absolute Gasteiger partial charge is 0.226 e. The van der Waals surface area contributed by atoms with Crippen molar-refractivity contribution >= 4 is 11.8 Å². The van der Waals surface area contributed by atoms with E-state index in [0.717, 1.165) is 30.6 Å². The zero-order valence-corrected chi connectivity index (χ0v) is 14.9. The van der Waals surface area contributed by atoms with E-state index < -0.39 is 0 Å². The maximum absolute atomic E-state index is 12.4. The number of benzene rings is 1. The molecule has 1 aromatic carbocycles. The molecule has 0 bridgehead atoms. The molecule has 0 unspecified atom stereocenters. The fraction of sp³-hybridized carbons (Fsp3) is 0.579. The van der Waals surface area contributed by atoms with Gasteiger partial charge in [-0.2, -0.15) is 0 Å². The van der Waals surface area contributed by atoms with E-state index in [-0.39, 0.29) is 36.4 Å². The van der Waals surface area contributed by atoms with Gasteiger partial charge in [-0.05, 0) is 32.8 Å². The molecular weight excluding hydrogens is 320 g/mol. The summed E-state index contributed by atoms with van der Waals surface area (Å²) in [5, 5.41) is 0. The molecule has 0 aromatic heterocycles. The Balaban J connectivity index is 1.53. The van der Waals surface area contributed by atoms with Gasteiger partial charge in [0.25, 0.3) is 0 Å². The first-order chi connectivity index (χ1) is 11.9. The minimum Gasteiger partial charge on any atom is -0.489 e. The van der Waals surface area contributed by atoms with Crippen LogP contribution in [0.2, 0.25) is 0 Å². The number of carbonyl (C=O) groups is 2. The summed E-state index contributed by atoms with van der Waals surface area (Å²) in [5.41, 5.74) is 6.27. The lowest BCUT2D eigenvalue weighted by atomic mass is 9.97. The topological polar surface area (TPSA) is 81.9 Å². The highest BCUT2D eigenvalue weighted by Crippen LogP contribution is 2.41. The van der Waals surface area contributed by atoms with Crippen molar-refractivity contribution in [1.82, 2.24) is 4.90 Å². The van der Waals surface area contributed by atoms with E-state index in [9.17, 15) is 9.59 Å². The summed E-state index contributed by atoms with van der Waals surface area (Å²) in [5.74, 6) is 0.913. The van der Waals surface area contributed by atoms with Gasteiger partial charge in [-0.1, -0.05) is 12.1 Å². The predicted molar refractivity (Wildman–Crippen MR) is 93.5 cm³/mol. The number of likely N-dealkylation sites (tertiary alicyclic amines) is 1. The number of ether oxygens (including phenoxy) is 2. The van der Waals surface area contributed by atoms with Crippen LogP contribution in [-0.2, 0) is 16.0 Å². The van der Waals surface area contributed by atoms with E-state index >= 15 is 0 Å². The molecule has 6 nitrogen and oxygen atoms in total. The van der Waals surface area contributed by atoms with Crippen LogP contribution < -0.4 is 15.2 Å². The Kier molecular flexibility index (Phi) is 4.88. The van der Waals surface area contributed by atoms with Gasteiger partial charge in [0, 0.05) is 25.1 Å². The van der Waals surface area contributed by atoms with Gasteiger partial charge >= 0.3 is 0 Å². The molecule has 1 saturated heterocycles. The second kappa shape index (κ2) is 6.94. The highest BCUT2D eigenvalue weighted by molar-refractivity contribution is 5.80. The molecule has 6 heteroatoms. The van der Waals surface area contributed by atoms with E-state index in [2.05, 4.69) is 0 Å². The van der Waals surface area contributed by atoms with Crippen molar-refractivity contribution in [2.45, 2.75) is 45.1 Å². The van der Waals surface area contributed by atoms with Crippen molar-refractivity contribution in [2.24, 2.45) is 11.7 Å². The third-order valence-corrected chi connectivity index (χ3v) is 4.80. The molecular formula is C19H26N2O4. The van der Waals surface area contributed by atoms with Crippen molar-refractivity contribution in [2.75, 3.05) is 19.7 Å². The molecule has 2 aliphatic heterocycles. The number of nitrogens with two attached hydrogens (primary N) is 1. The van der Waals surface area contributed by atoms with Crippen LogP contribution in [0.15, 0.2) is 18.2 Å². The van der Waals surface area contributed by atoms with Crippen molar-refractivity contribution in [3.8, 4) is 11.5 Å². The quantitative estimate of drug-likeness (QED) is 0.883. The number of rotatable bonds is 5. The minimum absolute atomic E-state index is 0.000209. The molecule has 2 amide bonds. The summed E-state index contributed by atoms with van der Waals surface area (Å²) in [6.07, 6.45) is 2.70. The monoisotopic (exact) mass is 346 g/mol. The zero-order valence-electron chi connectivity index (χ0n) is 14.9. The number of nitrogens with zero attached hydrogens (tertiary/aromatic N) is 1. The van der Waals surface area contributed by atoms with Gasteiger partial charge in [0.05, 0.1) is 18.9 Å². The first-order valence-corrected chi connectivity index (χ1v) is 8.86. The first kappa shape index (κ1) is 17.6. The minimum atomic E-state index is -0.326. The molecule has 0 saturated carbocycles. The number of hydrogen-bond acceptors (Lipinski definition) is 4. The summed E-state index contributed by atoms with van der Waals surface area (Å²) >= 11 is 0. The van der Waals surface area contributed by atoms with E-state index in [0.29, 0.717) is 18.8 Å². The number of primary amides is 1. The van der Waals surface area contributed by atoms with Crippen LogP contribution in [-0.4, -0.2) is 42.0 Å². The van der Waals surface area contributed by atoms with E-state index in [4.69, 9.17) is 15.2 Å². The molecule has 0 spiro atoms. The van der Waals surface area contributed by atoms with Gasteiger partial charge < -0.3 is 20.1 Å². The van der Waals surface area contributed by atoms with E-state index in [1.54, 1.807) is 4.90 Å². The summed E-state index contributed by atoms with van der Waals surface area (Å²) in [7, 11) is 0. The molecule has 3 rings (SSSR count). The Morgan fingerprint density at radius 1 is 1.40 bits per heavy atom. The van der Waals surface area contributed by atoms with Crippen LogP contribution in [0.3, 0.4) is 0 Å². The average molecular weight is 346 g/mol.